The van der Waals surface area contributed by atoms with E-state index < -0.39 is 11.7 Å². The Balaban J connectivity index is 1.60. The quantitative estimate of drug-likeness (QED) is 0.330. The van der Waals surface area contributed by atoms with Crippen LogP contribution in [0, 0.1) is 0 Å². The van der Waals surface area contributed by atoms with Gasteiger partial charge in [0, 0.05) is 35.2 Å². The normalized spacial score (nSPS) is 11.1. The molecule has 3 rings (SSSR count). The van der Waals surface area contributed by atoms with Crippen LogP contribution < -0.4 is 20.7 Å². The van der Waals surface area contributed by atoms with Gasteiger partial charge in [-0.25, -0.2) is 4.79 Å². The molecule has 0 fully saturated rings. The maximum Gasteiger partial charge on any atom is 0.407 e. The van der Waals surface area contributed by atoms with Gasteiger partial charge < -0.3 is 30.4 Å². The molecule has 0 bridgehead atoms. The molecule has 1 heterocycles. The first-order valence-corrected chi connectivity index (χ1v) is 10.4. The number of benzene rings is 2. The van der Waals surface area contributed by atoms with E-state index in [-0.39, 0.29) is 0 Å². The van der Waals surface area contributed by atoms with Crippen LogP contribution >= 0.6 is 12.2 Å². The van der Waals surface area contributed by atoms with Gasteiger partial charge in [0.25, 0.3) is 0 Å². The number of alkyl carbamates (subject to hydrolysis) is 1. The molecule has 0 unspecified atom stereocenters. The lowest BCUT2D eigenvalue weighted by Crippen LogP contribution is -2.39. The number of amides is 1. The second kappa shape index (κ2) is 9.70. The lowest BCUT2D eigenvalue weighted by Gasteiger charge is -2.20. The molecule has 0 saturated carbocycles. The van der Waals surface area contributed by atoms with Crippen LogP contribution in [0.15, 0.2) is 48.5 Å². The van der Waals surface area contributed by atoms with Crippen molar-refractivity contribution in [3.8, 4) is 17.0 Å². The van der Waals surface area contributed by atoms with E-state index in [4.69, 9.17) is 21.7 Å². The predicted molar refractivity (Wildman–Crippen MR) is 129 cm³/mol. The van der Waals surface area contributed by atoms with Gasteiger partial charge in [-0.05, 0) is 63.3 Å². The zero-order chi connectivity index (χ0) is 22.4. The topological polar surface area (TPSA) is 87.4 Å². The second-order valence-electron chi connectivity index (χ2n) is 7.99. The number of rotatable bonds is 6. The number of para-hydroxylation sites is 1. The Hall–Kier alpha value is -3.26. The fraction of sp³-hybridized carbons (Fsp3) is 0.304. The average molecular weight is 441 g/mol. The van der Waals surface area contributed by atoms with Crippen LogP contribution in [0.4, 0.5) is 10.5 Å². The second-order valence-corrected chi connectivity index (χ2v) is 8.40. The smallest absolute Gasteiger partial charge is 0.407 e. The van der Waals surface area contributed by atoms with E-state index in [2.05, 4.69) is 33.1 Å². The summed E-state index contributed by atoms with van der Waals surface area (Å²) in [4.78, 5) is 15.1. The fourth-order valence-corrected chi connectivity index (χ4v) is 3.24. The van der Waals surface area contributed by atoms with E-state index >= 15 is 0 Å². The summed E-state index contributed by atoms with van der Waals surface area (Å²) in [5.74, 6) is 0.677. The molecule has 0 aliphatic carbocycles. The molecule has 0 atom stereocenters. The highest BCUT2D eigenvalue weighted by molar-refractivity contribution is 7.80. The van der Waals surface area contributed by atoms with Crippen molar-refractivity contribution in [2.75, 3.05) is 25.5 Å². The molecule has 0 spiro atoms. The Morgan fingerprint density at radius 2 is 1.81 bits per heavy atom. The van der Waals surface area contributed by atoms with Gasteiger partial charge in [0.05, 0.1) is 12.8 Å². The zero-order valence-corrected chi connectivity index (χ0v) is 19.0. The summed E-state index contributed by atoms with van der Waals surface area (Å²) in [5.41, 5.74) is 3.32. The van der Waals surface area contributed by atoms with Crippen molar-refractivity contribution < 1.29 is 14.3 Å². The van der Waals surface area contributed by atoms with Gasteiger partial charge >= 0.3 is 6.09 Å². The number of anilines is 1. The van der Waals surface area contributed by atoms with Crippen LogP contribution in [0.1, 0.15) is 20.8 Å². The van der Waals surface area contributed by atoms with Crippen molar-refractivity contribution >= 4 is 40.0 Å². The van der Waals surface area contributed by atoms with Gasteiger partial charge in [0.2, 0.25) is 0 Å². The third-order valence-corrected chi connectivity index (χ3v) is 4.61. The minimum Gasteiger partial charge on any atom is -0.495 e. The molecule has 1 aromatic heterocycles. The monoisotopic (exact) mass is 440 g/mol. The molecule has 2 aromatic carbocycles. The molecule has 4 N–H and O–H groups in total. The number of H-pyrrole nitrogens is 1. The zero-order valence-electron chi connectivity index (χ0n) is 18.2. The first-order chi connectivity index (χ1) is 14.7. The number of hydrogen-bond acceptors (Lipinski definition) is 4. The van der Waals surface area contributed by atoms with Crippen molar-refractivity contribution in [1.29, 1.82) is 0 Å². The lowest BCUT2D eigenvalue weighted by molar-refractivity contribution is 0.0529. The van der Waals surface area contributed by atoms with Crippen LogP contribution in [0.3, 0.4) is 0 Å². The van der Waals surface area contributed by atoms with Gasteiger partial charge in [0.1, 0.15) is 11.4 Å². The highest BCUT2D eigenvalue weighted by atomic mass is 32.1. The first-order valence-electron chi connectivity index (χ1n) is 10.0. The van der Waals surface area contributed by atoms with E-state index in [0.29, 0.717) is 24.0 Å². The number of aromatic amines is 1. The van der Waals surface area contributed by atoms with Crippen LogP contribution in [0.5, 0.6) is 5.75 Å². The fourth-order valence-electron chi connectivity index (χ4n) is 3.02. The van der Waals surface area contributed by atoms with Gasteiger partial charge in [0.15, 0.2) is 5.11 Å². The Morgan fingerprint density at radius 3 is 2.52 bits per heavy atom. The number of carbonyl (C=O) groups is 1. The highest BCUT2D eigenvalue weighted by Gasteiger charge is 2.15. The Morgan fingerprint density at radius 1 is 1.06 bits per heavy atom. The molecule has 0 radical (unpaired) electrons. The highest BCUT2D eigenvalue weighted by Crippen LogP contribution is 2.31. The molecular weight excluding hydrogens is 412 g/mol. The maximum atomic E-state index is 11.7. The molecular formula is C23H28N4O3S. The third kappa shape index (κ3) is 6.36. The summed E-state index contributed by atoms with van der Waals surface area (Å²) in [6.07, 6.45) is -0.458. The summed E-state index contributed by atoms with van der Waals surface area (Å²) in [7, 11) is 1.62. The van der Waals surface area contributed by atoms with Gasteiger partial charge in [-0.2, -0.15) is 0 Å². The maximum absolute atomic E-state index is 11.7. The molecule has 8 heteroatoms. The molecule has 1 amide bonds. The SMILES string of the molecule is COc1ccc(-c2cc3ccccc3[nH]2)cc1NC(=S)NCCNC(=O)OC(C)(C)C. The van der Waals surface area contributed by atoms with Gasteiger partial charge in [-0.15, -0.1) is 0 Å². The van der Waals surface area contributed by atoms with Crippen LogP contribution in [-0.4, -0.2) is 42.0 Å². The van der Waals surface area contributed by atoms with E-state index in [0.717, 1.165) is 27.8 Å². The van der Waals surface area contributed by atoms with Crippen molar-refractivity contribution in [2.24, 2.45) is 0 Å². The third-order valence-electron chi connectivity index (χ3n) is 4.37. The number of methoxy groups -OCH3 is 1. The number of fused-ring (bicyclic) bond motifs is 1. The summed E-state index contributed by atoms with van der Waals surface area (Å²) in [6, 6.07) is 16.1. The Labute approximate surface area is 187 Å². The van der Waals surface area contributed by atoms with Gasteiger partial charge in [-0.3, -0.25) is 0 Å². The first kappa shape index (κ1) is 22.4. The van der Waals surface area contributed by atoms with Crippen LogP contribution in [-0.2, 0) is 4.74 Å². The Kier molecular flexibility index (Phi) is 7.02. The molecule has 164 valence electrons. The molecule has 0 aliphatic heterocycles. The van der Waals surface area contributed by atoms with Gasteiger partial charge in [-0.1, -0.05) is 18.2 Å². The summed E-state index contributed by atoms with van der Waals surface area (Å²) in [5, 5.41) is 10.5. The molecule has 0 saturated heterocycles. The number of nitrogens with one attached hydrogen (secondary N) is 4. The molecule has 7 nitrogen and oxygen atoms in total. The van der Waals surface area contributed by atoms with Crippen LogP contribution in [0.2, 0.25) is 0 Å². The predicted octanol–water partition coefficient (Wildman–Crippen LogP) is 4.65. The van der Waals surface area contributed by atoms with E-state index in [1.54, 1.807) is 7.11 Å². The number of aromatic nitrogens is 1. The average Bonchev–Trinajstić information content (AvgIpc) is 3.14. The van der Waals surface area contributed by atoms with Crippen molar-refractivity contribution in [3.63, 3.8) is 0 Å². The van der Waals surface area contributed by atoms with E-state index in [9.17, 15) is 4.79 Å². The minimum atomic E-state index is -0.527. The Bertz CT molecular complexity index is 1040. The number of carbonyl (C=O) groups excluding carboxylic acids is 1. The van der Waals surface area contributed by atoms with Crippen LogP contribution in [0.25, 0.3) is 22.2 Å². The minimum absolute atomic E-state index is 0.378. The van der Waals surface area contributed by atoms with Crippen molar-refractivity contribution in [1.82, 2.24) is 15.6 Å². The largest absolute Gasteiger partial charge is 0.495 e. The summed E-state index contributed by atoms with van der Waals surface area (Å²) in [6.45, 7) is 6.29. The molecule has 0 aliphatic rings. The number of ether oxygens (including phenoxy) is 2. The molecule has 31 heavy (non-hydrogen) atoms. The van der Waals surface area contributed by atoms with Crippen molar-refractivity contribution in [3.05, 3.63) is 48.5 Å². The van der Waals surface area contributed by atoms with E-state index in [1.807, 2.05) is 57.2 Å². The number of hydrogen-bond donors (Lipinski definition) is 4. The standard InChI is InChI=1S/C23H28N4O3S/c1-23(2,3)30-22(28)25-12-11-24-21(31)27-19-14-16(9-10-20(19)29-4)18-13-15-7-5-6-8-17(15)26-18/h5-10,13-14,26H,11-12H2,1-4H3,(H,25,28)(H2,24,27,31). The van der Waals surface area contributed by atoms with Crippen molar-refractivity contribution in [2.45, 2.75) is 26.4 Å². The molecule has 3 aromatic rings. The lowest BCUT2D eigenvalue weighted by atomic mass is 10.1. The summed E-state index contributed by atoms with van der Waals surface area (Å²) < 4.78 is 10.7. The van der Waals surface area contributed by atoms with E-state index in [1.165, 1.54) is 0 Å². The number of thiocarbonyl (C=S) groups is 1. The summed E-state index contributed by atoms with van der Waals surface area (Å²) >= 11 is 5.39.